The number of halogens is 1. The topological polar surface area (TPSA) is 68.8 Å². The van der Waals surface area contributed by atoms with Crippen LogP contribution >= 0.6 is 0 Å². The van der Waals surface area contributed by atoms with Gasteiger partial charge in [0.2, 0.25) is 0 Å². The molecule has 4 atom stereocenters. The summed E-state index contributed by atoms with van der Waals surface area (Å²) in [6.07, 6.45) is 4.30. The monoisotopic (exact) mass is 474 g/mol. The first-order valence-electron chi connectivity index (χ1n) is 12.2. The van der Waals surface area contributed by atoms with Crippen molar-refractivity contribution in [2.24, 2.45) is 33.2 Å². The summed E-state index contributed by atoms with van der Waals surface area (Å²) < 4.78 is 20.8. The van der Waals surface area contributed by atoms with Crippen molar-refractivity contribution >= 4 is 22.6 Å². The van der Waals surface area contributed by atoms with Gasteiger partial charge in [-0.2, -0.15) is 4.99 Å². The molecule has 3 saturated carbocycles. The van der Waals surface area contributed by atoms with E-state index in [-0.39, 0.29) is 17.4 Å². The largest absolute Gasteiger partial charge is 0.497 e. The first kappa shape index (κ1) is 23.4. The Labute approximate surface area is 204 Å². The van der Waals surface area contributed by atoms with Crippen LogP contribution in [0.4, 0.5) is 10.1 Å². The van der Waals surface area contributed by atoms with Crippen molar-refractivity contribution in [3.05, 3.63) is 64.5 Å². The number of hydrogen-bond acceptors (Lipinski definition) is 5. The Morgan fingerprint density at radius 3 is 2.77 bits per heavy atom. The molecule has 1 aromatic heterocycles. The minimum atomic E-state index is -0.348. The van der Waals surface area contributed by atoms with E-state index >= 15 is 0 Å². The smallest absolute Gasteiger partial charge is 0.261 e. The minimum absolute atomic E-state index is 0.161. The van der Waals surface area contributed by atoms with Crippen molar-refractivity contribution in [1.29, 1.82) is 0 Å². The Balaban J connectivity index is 1.29. The second-order valence-corrected chi connectivity index (χ2v) is 10.5. The van der Waals surface area contributed by atoms with Crippen molar-refractivity contribution in [3.63, 3.8) is 0 Å². The van der Waals surface area contributed by atoms with Crippen LogP contribution in [0.25, 0.3) is 10.9 Å². The lowest BCUT2D eigenvalue weighted by Crippen LogP contribution is -2.56. The van der Waals surface area contributed by atoms with Crippen LogP contribution in [0.1, 0.15) is 39.2 Å². The number of aliphatic imine (C=N–C) groups is 2. The van der Waals surface area contributed by atoms with E-state index in [0.717, 1.165) is 18.3 Å². The molecule has 0 saturated heterocycles. The first-order valence-corrected chi connectivity index (χ1v) is 12.2. The number of nitrogens with zero attached hydrogens (tertiary/aromatic N) is 4. The molecule has 3 aliphatic rings. The average Bonchev–Trinajstić information content (AvgIpc) is 2.84. The highest BCUT2D eigenvalue weighted by molar-refractivity contribution is 5.81. The van der Waals surface area contributed by atoms with Crippen molar-refractivity contribution in [2.75, 3.05) is 7.11 Å². The van der Waals surface area contributed by atoms with E-state index in [1.54, 1.807) is 30.3 Å². The van der Waals surface area contributed by atoms with Gasteiger partial charge in [-0.05, 0) is 72.3 Å². The van der Waals surface area contributed by atoms with Gasteiger partial charge in [-0.1, -0.05) is 26.8 Å². The third-order valence-corrected chi connectivity index (χ3v) is 8.41. The van der Waals surface area contributed by atoms with Crippen LogP contribution in [-0.2, 0) is 13.0 Å². The molecule has 3 aromatic rings. The normalized spacial score (nSPS) is 24.4. The minimum Gasteiger partial charge on any atom is -0.497 e. The van der Waals surface area contributed by atoms with Gasteiger partial charge in [0.05, 0.1) is 42.1 Å². The van der Waals surface area contributed by atoms with Crippen LogP contribution in [0.15, 0.2) is 57.5 Å². The zero-order chi connectivity index (χ0) is 24.7. The average molecular weight is 475 g/mol. The Morgan fingerprint density at radius 1 is 1.23 bits per heavy atom. The number of aromatic nitrogens is 2. The Morgan fingerprint density at radius 2 is 2.06 bits per heavy atom. The van der Waals surface area contributed by atoms with Crippen molar-refractivity contribution < 1.29 is 9.13 Å². The fourth-order valence-corrected chi connectivity index (χ4v) is 5.93. The zero-order valence-corrected chi connectivity index (χ0v) is 20.7. The molecule has 2 bridgehead atoms. The number of hydrogen-bond donors (Lipinski definition) is 0. The highest BCUT2D eigenvalue weighted by Gasteiger charge is 2.56. The van der Waals surface area contributed by atoms with Gasteiger partial charge in [-0.25, -0.2) is 14.4 Å². The summed E-state index contributed by atoms with van der Waals surface area (Å²) in [5, 5.41) is 0.502. The number of fused-ring (bicyclic) bond motifs is 3. The summed E-state index contributed by atoms with van der Waals surface area (Å²) >= 11 is 0. The van der Waals surface area contributed by atoms with Gasteiger partial charge in [0.25, 0.3) is 5.56 Å². The van der Waals surface area contributed by atoms with Crippen molar-refractivity contribution in [1.82, 2.24) is 9.55 Å². The molecule has 0 spiro atoms. The lowest BCUT2D eigenvalue weighted by molar-refractivity contribution is -0.108. The van der Waals surface area contributed by atoms with Gasteiger partial charge >= 0.3 is 0 Å². The predicted molar refractivity (Wildman–Crippen MR) is 135 cm³/mol. The number of benzene rings is 2. The molecule has 3 aliphatic carbocycles. The van der Waals surface area contributed by atoms with Gasteiger partial charge in [-0.3, -0.25) is 9.36 Å². The van der Waals surface area contributed by atoms with Gasteiger partial charge in [-0.15, -0.1) is 0 Å². The standard InChI is InChI=1S/C28H31FN4O2/c1-17-23-11-19(28(23,2)3)12-25(17)31-15-30-20-6-8-22-26(13-20)32-16-33(27(22)34)10-9-18-5-7-21(35-4)14-24(18)29/h5-8,13-14,16-17,19,23,25H,9-12H2,1-4H3/t17-,19+,23-,25-/m0/s1. The third-order valence-electron chi connectivity index (χ3n) is 8.41. The second kappa shape index (κ2) is 9.04. The Bertz CT molecular complexity index is 1390. The third kappa shape index (κ3) is 4.30. The molecular weight excluding hydrogens is 443 g/mol. The fourth-order valence-electron chi connectivity index (χ4n) is 5.93. The van der Waals surface area contributed by atoms with E-state index in [0.29, 0.717) is 52.2 Å². The quantitative estimate of drug-likeness (QED) is 0.433. The maximum absolute atomic E-state index is 14.2. The molecule has 0 radical (unpaired) electrons. The van der Waals surface area contributed by atoms with Crippen LogP contribution in [0.3, 0.4) is 0 Å². The lowest BCUT2D eigenvalue weighted by atomic mass is 9.45. The van der Waals surface area contributed by atoms with Gasteiger partial charge in [0.1, 0.15) is 11.6 Å². The molecule has 0 N–H and O–H groups in total. The predicted octanol–water partition coefficient (Wildman–Crippen LogP) is 5.66. The van der Waals surface area contributed by atoms with Crippen LogP contribution in [0, 0.1) is 29.0 Å². The molecule has 1 heterocycles. The number of methoxy groups -OCH3 is 1. The summed E-state index contributed by atoms with van der Waals surface area (Å²) in [5.41, 5.74) is 2.03. The van der Waals surface area contributed by atoms with Crippen LogP contribution < -0.4 is 10.3 Å². The van der Waals surface area contributed by atoms with Gasteiger partial charge in [0.15, 0.2) is 0 Å². The van der Waals surface area contributed by atoms with E-state index in [4.69, 9.17) is 4.74 Å². The molecule has 6 nitrogen and oxygen atoms in total. The molecule has 0 unspecified atom stereocenters. The molecule has 182 valence electrons. The summed E-state index contributed by atoms with van der Waals surface area (Å²) in [5.74, 6) is 2.13. The number of aryl methyl sites for hydroxylation is 2. The number of rotatable bonds is 6. The molecular formula is C28H31FN4O2. The fraction of sp³-hybridized carbons (Fsp3) is 0.464. The molecule has 2 aromatic carbocycles. The molecule has 35 heavy (non-hydrogen) atoms. The molecule has 6 rings (SSSR count). The highest BCUT2D eigenvalue weighted by atomic mass is 19.1. The summed E-state index contributed by atoms with van der Waals surface area (Å²) in [7, 11) is 1.50. The number of ether oxygens (including phenoxy) is 1. The summed E-state index contributed by atoms with van der Waals surface area (Å²) in [4.78, 5) is 26.4. The molecule has 0 aliphatic heterocycles. The Kier molecular flexibility index (Phi) is 6.06. The van der Waals surface area contributed by atoms with Crippen molar-refractivity contribution in [3.8, 4) is 5.75 Å². The van der Waals surface area contributed by atoms with E-state index < -0.39 is 0 Å². The lowest BCUT2D eigenvalue weighted by Gasteiger charge is -2.61. The first-order chi connectivity index (χ1) is 16.8. The second-order valence-electron chi connectivity index (χ2n) is 10.5. The zero-order valence-electron chi connectivity index (χ0n) is 20.7. The van der Waals surface area contributed by atoms with E-state index in [1.165, 1.54) is 30.5 Å². The molecule has 0 amide bonds. The van der Waals surface area contributed by atoms with Crippen molar-refractivity contribution in [2.45, 2.75) is 52.6 Å². The van der Waals surface area contributed by atoms with E-state index in [2.05, 4.69) is 41.7 Å². The summed E-state index contributed by atoms with van der Waals surface area (Å²) in [6.45, 7) is 7.38. The van der Waals surface area contributed by atoms with Gasteiger partial charge < -0.3 is 4.74 Å². The van der Waals surface area contributed by atoms with Crippen LogP contribution in [0.2, 0.25) is 0 Å². The van der Waals surface area contributed by atoms with E-state index in [1.807, 2.05) is 0 Å². The maximum Gasteiger partial charge on any atom is 0.261 e. The van der Waals surface area contributed by atoms with Crippen LogP contribution in [0.5, 0.6) is 5.75 Å². The maximum atomic E-state index is 14.2. The molecule has 7 heteroatoms. The van der Waals surface area contributed by atoms with E-state index in [9.17, 15) is 9.18 Å². The Hall–Kier alpha value is -3.31. The SMILES string of the molecule is COc1ccc(CCn2cnc3cc(N=C=N[C@H]4C[C@H]5C[C@@H]([C@@H]4C)C5(C)C)ccc3c2=O)c(F)c1. The summed E-state index contributed by atoms with van der Waals surface area (Å²) in [6, 6.07) is 13.2. The van der Waals surface area contributed by atoms with Gasteiger partial charge in [0, 0.05) is 12.6 Å². The highest BCUT2D eigenvalue weighted by Crippen LogP contribution is 2.61. The molecule has 3 fully saturated rings. The van der Waals surface area contributed by atoms with Crippen LogP contribution in [-0.4, -0.2) is 28.7 Å².